The Hall–Kier alpha value is -1.07. The summed E-state index contributed by atoms with van der Waals surface area (Å²) in [5.74, 6) is -0.311. The normalized spacial score (nSPS) is 26.9. The molecule has 2 unspecified atom stereocenters. The fraction of sp³-hybridized carbons (Fsp3) is 0.500. The lowest BCUT2D eigenvalue weighted by Crippen LogP contribution is -2.54. The molecule has 2 rings (SSSR count). The number of primary amides is 1. The monoisotopic (exact) mass is 326 g/mol. The van der Waals surface area contributed by atoms with Gasteiger partial charge in [-0.15, -0.1) is 0 Å². The molecular weight excluding hydrogens is 308 g/mol. The van der Waals surface area contributed by atoms with Crippen LogP contribution in [0.5, 0.6) is 0 Å². The van der Waals surface area contributed by atoms with Crippen LogP contribution in [-0.2, 0) is 9.53 Å². The molecule has 1 amide bonds. The second-order valence-corrected chi connectivity index (χ2v) is 5.95. The lowest BCUT2D eigenvalue weighted by molar-refractivity contribution is -0.125. The smallest absolute Gasteiger partial charge is 0.243 e. The summed E-state index contributed by atoms with van der Waals surface area (Å²) >= 11 is 3.43. The third kappa shape index (κ3) is 3.28. The number of carbonyl (C=O) groups excluding carboxylic acids is 1. The molecule has 2 atom stereocenters. The maximum atomic E-state index is 11.9. The Morgan fingerprint density at radius 3 is 3.00 bits per heavy atom. The van der Waals surface area contributed by atoms with E-state index >= 15 is 0 Å². The van der Waals surface area contributed by atoms with Gasteiger partial charge in [-0.25, -0.2) is 0 Å². The Balaban J connectivity index is 2.22. The molecule has 0 spiro atoms. The molecule has 1 aromatic carbocycles. The van der Waals surface area contributed by atoms with E-state index in [4.69, 9.17) is 10.5 Å². The summed E-state index contributed by atoms with van der Waals surface area (Å²) in [5, 5.41) is 3.31. The predicted octanol–water partition coefficient (Wildman–Crippen LogP) is 2.67. The molecule has 0 heterocycles. The Kier molecular flexibility index (Phi) is 4.47. The molecular formula is C14H19BrN2O2. The van der Waals surface area contributed by atoms with Crippen LogP contribution in [0.15, 0.2) is 28.7 Å². The van der Waals surface area contributed by atoms with E-state index in [9.17, 15) is 4.79 Å². The third-order valence-corrected chi connectivity index (χ3v) is 4.21. The van der Waals surface area contributed by atoms with Crippen LogP contribution in [0, 0.1) is 0 Å². The zero-order valence-electron chi connectivity index (χ0n) is 11.0. The molecule has 0 saturated heterocycles. The summed E-state index contributed by atoms with van der Waals surface area (Å²) in [6.45, 7) is 0. The van der Waals surface area contributed by atoms with E-state index in [1.807, 2.05) is 24.3 Å². The van der Waals surface area contributed by atoms with Crippen LogP contribution < -0.4 is 11.1 Å². The Bertz CT molecular complexity index is 467. The van der Waals surface area contributed by atoms with E-state index in [2.05, 4.69) is 21.2 Å². The van der Waals surface area contributed by atoms with E-state index in [1.54, 1.807) is 7.11 Å². The maximum Gasteiger partial charge on any atom is 0.243 e. The summed E-state index contributed by atoms with van der Waals surface area (Å²) in [5.41, 5.74) is 5.82. The van der Waals surface area contributed by atoms with Crippen molar-refractivity contribution in [2.75, 3.05) is 12.4 Å². The van der Waals surface area contributed by atoms with Crippen molar-refractivity contribution in [2.45, 2.75) is 37.3 Å². The highest BCUT2D eigenvalue weighted by Crippen LogP contribution is 2.33. The third-order valence-electron chi connectivity index (χ3n) is 3.72. The van der Waals surface area contributed by atoms with Gasteiger partial charge in [-0.1, -0.05) is 22.0 Å². The minimum absolute atomic E-state index is 0.0842. The maximum absolute atomic E-state index is 11.9. The summed E-state index contributed by atoms with van der Waals surface area (Å²) in [6, 6.07) is 7.76. The first kappa shape index (κ1) is 14.3. The number of hydrogen-bond donors (Lipinski definition) is 2. The van der Waals surface area contributed by atoms with Crippen molar-refractivity contribution in [2.24, 2.45) is 5.73 Å². The highest BCUT2D eigenvalue weighted by molar-refractivity contribution is 9.10. The molecule has 1 fully saturated rings. The zero-order chi connectivity index (χ0) is 13.9. The van der Waals surface area contributed by atoms with Gasteiger partial charge in [-0.3, -0.25) is 4.79 Å². The molecule has 0 radical (unpaired) electrons. The van der Waals surface area contributed by atoms with Crippen LogP contribution in [0.4, 0.5) is 5.69 Å². The molecule has 104 valence electrons. The standard InChI is InChI=1S/C14H19BrN2O2/c1-19-12-6-3-7-14(9-12,13(16)18)17-11-5-2-4-10(15)8-11/h2,4-5,8,12,17H,3,6-7,9H2,1H3,(H2,16,18). The van der Waals surface area contributed by atoms with Crippen molar-refractivity contribution < 1.29 is 9.53 Å². The first-order valence-electron chi connectivity index (χ1n) is 6.42. The number of rotatable bonds is 4. The molecule has 0 aliphatic heterocycles. The molecule has 5 heteroatoms. The quantitative estimate of drug-likeness (QED) is 0.894. The van der Waals surface area contributed by atoms with E-state index in [0.717, 1.165) is 29.4 Å². The van der Waals surface area contributed by atoms with Crippen molar-refractivity contribution in [3.8, 4) is 0 Å². The average molecular weight is 327 g/mol. The highest BCUT2D eigenvalue weighted by atomic mass is 79.9. The Morgan fingerprint density at radius 1 is 1.58 bits per heavy atom. The number of nitrogens with one attached hydrogen (secondary N) is 1. The SMILES string of the molecule is COC1CCCC(Nc2cccc(Br)c2)(C(N)=O)C1. The number of hydrogen-bond acceptors (Lipinski definition) is 3. The van der Waals surface area contributed by atoms with Crippen molar-refractivity contribution in [1.29, 1.82) is 0 Å². The molecule has 3 N–H and O–H groups in total. The molecule has 1 aromatic rings. The van der Waals surface area contributed by atoms with Gasteiger partial charge in [0.25, 0.3) is 0 Å². The van der Waals surface area contributed by atoms with Crippen LogP contribution in [-0.4, -0.2) is 24.7 Å². The van der Waals surface area contributed by atoms with E-state index < -0.39 is 5.54 Å². The van der Waals surface area contributed by atoms with Gasteiger partial charge < -0.3 is 15.8 Å². The highest BCUT2D eigenvalue weighted by Gasteiger charge is 2.41. The van der Waals surface area contributed by atoms with Crippen molar-refractivity contribution in [3.63, 3.8) is 0 Å². The van der Waals surface area contributed by atoms with Crippen LogP contribution >= 0.6 is 15.9 Å². The van der Waals surface area contributed by atoms with Crippen LogP contribution in [0.25, 0.3) is 0 Å². The minimum Gasteiger partial charge on any atom is -0.381 e. The van der Waals surface area contributed by atoms with E-state index in [-0.39, 0.29) is 12.0 Å². The Labute approximate surface area is 121 Å². The average Bonchev–Trinajstić information content (AvgIpc) is 2.38. The van der Waals surface area contributed by atoms with Gasteiger partial charge in [0.05, 0.1) is 6.10 Å². The van der Waals surface area contributed by atoms with Gasteiger partial charge in [0.2, 0.25) is 5.91 Å². The van der Waals surface area contributed by atoms with Crippen molar-refractivity contribution >= 4 is 27.5 Å². The van der Waals surface area contributed by atoms with Gasteiger partial charge in [0.15, 0.2) is 0 Å². The number of methoxy groups -OCH3 is 1. The number of benzene rings is 1. The fourth-order valence-corrected chi connectivity index (χ4v) is 3.07. The van der Waals surface area contributed by atoms with Gasteiger partial charge in [0, 0.05) is 23.7 Å². The number of carbonyl (C=O) groups is 1. The molecule has 4 nitrogen and oxygen atoms in total. The minimum atomic E-state index is -0.709. The number of nitrogens with two attached hydrogens (primary N) is 1. The lowest BCUT2D eigenvalue weighted by Gasteiger charge is -2.39. The Morgan fingerprint density at radius 2 is 2.37 bits per heavy atom. The molecule has 1 aliphatic carbocycles. The number of ether oxygens (including phenoxy) is 1. The van der Waals surface area contributed by atoms with Gasteiger partial charge in [0.1, 0.15) is 5.54 Å². The number of amides is 1. The van der Waals surface area contributed by atoms with Gasteiger partial charge in [-0.05, 0) is 37.5 Å². The molecule has 0 aromatic heterocycles. The second kappa shape index (κ2) is 5.92. The van der Waals surface area contributed by atoms with Crippen molar-refractivity contribution in [3.05, 3.63) is 28.7 Å². The zero-order valence-corrected chi connectivity index (χ0v) is 12.6. The molecule has 0 bridgehead atoms. The topological polar surface area (TPSA) is 64.3 Å². The second-order valence-electron chi connectivity index (χ2n) is 5.04. The number of anilines is 1. The first-order chi connectivity index (χ1) is 9.05. The summed E-state index contributed by atoms with van der Waals surface area (Å²) < 4.78 is 6.37. The lowest BCUT2D eigenvalue weighted by atomic mass is 9.79. The van der Waals surface area contributed by atoms with Crippen LogP contribution in [0.3, 0.4) is 0 Å². The largest absolute Gasteiger partial charge is 0.381 e. The van der Waals surface area contributed by atoms with E-state index in [0.29, 0.717) is 6.42 Å². The molecule has 1 aliphatic rings. The summed E-state index contributed by atoms with van der Waals surface area (Å²) in [7, 11) is 1.68. The van der Waals surface area contributed by atoms with Gasteiger partial charge >= 0.3 is 0 Å². The number of halogens is 1. The van der Waals surface area contributed by atoms with E-state index in [1.165, 1.54) is 0 Å². The van der Waals surface area contributed by atoms with Crippen molar-refractivity contribution in [1.82, 2.24) is 0 Å². The first-order valence-corrected chi connectivity index (χ1v) is 7.21. The van der Waals surface area contributed by atoms with Gasteiger partial charge in [-0.2, -0.15) is 0 Å². The predicted molar refractivity (Wildman–Crippen MR) is 79.0 cm³/mol. The molecule has 19 heavy (non-hydrogen) atoms. The van der Waals surface area contributed by atoms with Crippen LogP contribution in [0.1, 0.15) is 25.7 Å². The molecule has 1 saturated carbocycles. The van der Waals surface area contributed by atoms with Crippen LogP contribution in [0.2, 0.25) is 0 Å². The summed E-state index contributed by atoms with van der Waals surface area (Å²) in [6.07, 6.45) is 3.36. The fourth-order valence-electron chi connectivity index (χ4n) is 2.67. The summed E-state index contributed by atoms with van der Waals surface area (Å²) in [4.78, 5) is 11.9.